The van der Waals surface area contributed by atoms with Crippen LogP contribution in [0.15, 0.2) is 73.3 Å². The lowest BCUT2D eigenvalue weighted by atomic mass is 10.2. The second-order valence-corrected chi connectivity index (χ2v) is 6.52. The van der Waals surface area contributed by atoms with Crippen molar-refractivity contribution in [1.29, 1.82) is 0 Å². The number of carbonyl (C=O) groups is 2. The normalized spacial score (nSPS) is 10.8. The number of para-hydroxylation sites is 1. The van der Waals surface area contributed by atoms with Crippen LogP contribution in [0.25, 0.3) is 11.8 Å². The Morgan fingerprint density at radius 2 is 1.93 bits per heavy atom. The van der Waals surface area contributed by atoms with Crippen LogP contribution < -0.4 is 5.32 Å². The molecule has 0 radical (unpaired) electrons. The van der Waals surface area contributed by atoms with E-state index in [1.165, 1.54) is 11.0 Å². The zero-order chi connectivity index (χ0) is 19.9. The molecule has 0 aliphatic heterocycles. The topological polar surface area (TPSA) is 67.2 Å². The third-order valence-electron chi connectivity index (χ3n) is 4.02. The number of halogens is 1. The van der Waals surface area contributed by atoms with Crippen molar-refractivity contribution in [1.82, 2.24) is 14.5 Å². The maximum Gasteiger partial charge on any atom is 0.246 e. The molecule has 0 aliphatic carbocycles. The molecule has 0 unspecified atom stereocenters. The minimum atomic E-state index is -0.318. The highest BCUT2D eigenvalue weighted by atomic mass is 35.5. The van der Waals surface area contributed by atoms with Gasteiger partial charge < -0.3 is 14.8 Å². The van der Waals surface area contributed by atoms with Gasteiger partial charge in [0, 0.05) is 31.2 Å². The summed E-state index contributed by atoms with van der Waals surface area (Å²) >= 11 is 6.02. The van der Waals surface area contributed by atoms with Gasteiger partial charge in [-0.25, -0.2) is 4.98 Å². The lowest BCUT2D eigenvalue weighted by molar-refractivity contribution is -0.129. The van der Waals surface area contributed by atoms with Crippen molar-refractivity contribution in [2.75, 3.05) is 18.9 Å². The van der Waals surface area contributed by atoms with Gasteiger partial charge in [-0.1, -0.05) is 35.9 Å². The van der Waals surface area contributed by atoms with E-state index in [0.29, 0.717) is 10.7 Å². The summed E-state index contributed by atoms with van der Waals surface area (Å²) < 4.78 is 1.89. The number of imidazole rings is 1. The molecule has 0 fully saturated rings. The molecule has 0 aliphatic rings. The minimum absolute atomic E-state index is 0.0754. The zero-order valence-corrected chi connectivity index (χ0v) is 16.0. The molecule has 7 heteroatoms. The van der Waals surface area contributed by atoms with Gasteiger partial charge in [0.25, 0.3) is 0 Å². The van der Waals surface area contributed by atoms with Crippen LogP contribution in [0.5, 0.6) is 0 Å². The van der Waals surface area contributed by atoms with Crippen LogP contribution in [-0.2, 0) is 9.59 Å². The fourth-order valence-electron chi connectivity index (χ4n) is 2.51. The number of carbonyl (C=O) groups excluding carboxylic acids is 2. The van der Waals surface area contributed by atoms with Gasteiger partial charge >= 0.3 is 0 Å². The van der Waals surface area contributed by atoms with Crippen molar-refractivity contribution in [2.24, 2.45) is 0 Å². The average Bonchev–Trinajstić information content (AvgIpc) is 3.23. The fraction of sp³-hybridized carbons (Fsp3) is 0.0952. The molecule has 1 aromatic heterocycles. The van der Waals surface area contributed by atoms with Gasteiger partial charge in [-0.05, 0) is 35.9 Å². The van der Waals surface area contributed by atoms with Crippen LogP contribution in [-0.4, -0.2) is 39.9 Å². The fourth-order valence-corrected chi connectivity index (χ4v) is 2.69. The molecule has 2 aromatic carbocycles. The molecule has 3 rings (SSSR count). The summed E-state index contributed by atoms with van der Waals surface area (Å²) in [6.07, 6.45) is 8.44. The lowest BCUT2D eigenvalue weighted by Crippen LogP contribution is -2.33. The van der Waals surface area contributed by atoms with Crippen molar-refractivity contribution in [3.63, 3.8) is 0 Å². The Balaban J connectivity index is 1.54. The van der Waals surface area contributed by atoms with Gasteiger partial charge in [-0.15, -0.1) is 0 Å². The summed E-state index contributed by atoms with van der Waals surface area (Å²) in [4.78, 5) is 29.7. The van der Waals surface area contributed by atoms with Gasteiger partial charge in [0.1, 0.15) is 0 Å². The molecular formula is C21H19ClN4O2. The van der Waals surface area contributed by atoms with Crippen LogP contribution in [0, 0.1) is 0 Å². The van der Waals surface area contributed by atoms with Crippen molar-refractivity contribution >= 4 is 35.2 Å². The van der Waals surface area contributed by atoms with Crippen LogP contribution in [0.1, 0.15) is 5.56 Å². The van der Waals surface area contributed by atoms with Gasteiger partial charge in [0.15, 0.2) is 0 Å². The number of likely N-dealkylation sites (N-methyl/N-ethyl adjacent to an activating group) is 1. The summed E-state index contributed by atoms with van der Waals surface area (Å²) in [5.74, 6) is -0.588. The highest BCUT2D eigenvalue weighted by Crippen LogP contribution is 2.20. The van der Waals surface area contributed by atoms with Crippen molar-refractivity contribution in [3.8, 4) is 5.69 Å². The summed E-state index contributed by atoms with van der Waals surface area (Å²) in [7, 11) is 1.57. The molecule has 1 heterocycles. The van der Waals surface area contributed by atoms with Crippen molar-refractivity contribution < 1.29 is 9.59 Å². The molecule has 3 aromatic rings. The van der Waals surface area contributed by atoms with E-state index in [1.807, 2.05) is 35.0 Å². The number of rotatable bonds is 6. The standard InChI is InChI=1S/C21H19ClN4O2/c1-25(14-20(27)24-19-5-3-2-4-18(19)22)21(28)11-8-16-6-9-17(10-7-16)26-13-12-23-15-26/h2-13,15H,14H2,1H3,(H,24,27). The number of hydrogen-bond acceptors (Lipinski definition) is 3. The third-order valence-corrected chi connectivity index (χ3v) is 4.35. The quantitative estimate of drug-likeness (QED) is 0.649. The predicted octanol–water partition coefficient (Wildman–Crippen LogP) is 3.64. The monoisotopic (exact) mass is 394 g/mol. The second-order valence-electron chi connectivity index (χ2n) is 6.12. The van der Waals surface area contributed by atoms with Crippen molar-refractivity contribution in [3.05, 3.63) is 83.9 Å². The number of amides is 2. The van der Waals surface area contributed by atoms with E-state index in [-0.39, 0.29) is 18.4 Å². The highest BCUT2D eigenvalue weighted by Gasteiger charge is 2.11. The Bertz CT molecular complexity index is 982. The summed E-state index contributed by atoms with van der Waals surface area (Å²) in [6, 6.07) is 14.6. The molecule has 0 saturated carbocycles. The smallest absolute Gasteiger partial charge is 0.246 e. The molecule has 1 N–H and O–H groups in total. The van der Waals surface area contributed by atoms with Gasteiger partial charge in [-0.2, -0.15) is 0 Å². The number of benzene rings is 2. The van der Waals surface area contributed by atoms with Crippen LogP contribution in [0.3, 0.4) is 0 Å². The first kappa shape index (κ1) is 19.4. The Kier molecular flexibility index (Phi) is 6.24. The first-order chi connectivity index (χ1) is 13.5. The second kappa shape index (κ2) is 9.01. The maximum atomic E-state index is 12.2. The Hall–Kier alpha value is -3.38. The van der Waals surface area contributed by atoms with E-state index in [1.54, 1.807) is 49.9 Å². The highest BCUT2D eigenvalue weighted by molar-refractivity contribution is 6.33. The predicted molar refractivity (Wildman–Crippen MR) is 110 cm³/mol. The Morgan fingerprint density at radius 3 is 2.61 bits per heavy atom. The van der Waals surface area contributed by atoms with Gasteiger partial charge in [0.05, 0.1) is 23.6 Å². The average molecular weight is 395 g/mol. The van der Waals surface area contributed by atoms with E-state index in [2.05, 4.69) is 10.3 Å². The van der Waals surface area contributed by atoms with Gasteiger partial charge in [-0.3, -0.25) is 9.59 Å². The zero-order valence-electron chi connectivity index (χ0n) is 15.2. The van der Waals surface area contributed by atoms with E-state index in [0.717, 1.165) is 11.3 Å². The SMILES string of the molecule is CN(CC(=O)Nc1ccccc1Cl)C(=O)C=Cc1ccc(-n2ccnc2)cc1. The van der Waals surface area contributed by atoms with Crippen LogP contribution in [0.4, 0.5) is 5.69 Å². The number of hydrogen-bond donors (Lipinski definition) is 1. The maximum absolute atomic E-state index is 12.2. The number of nitrogens with zero attached hydrogens (tertiary/aromatic N) is 3. The number of anilines is 1. The van der Waals surface area contributed by atoms with Crippen molar-refractivity contribution in [2.45, 2.75) is 0 Å². The Morgan fingerprint density at radius 1 is 1.18 bits per heavy atom. The molecular weight excluding hydrogens is 376 g/mol. The largest absolute Gasteiger partial charge is 0.333 e. The van der Waals surface area contributed by atoms with Crippen LogP contribution in [0.2, 0.25) is 5.02 Å². The molecule has 6 nitrogen and oxygen atoms in total. The van der Waals surface area contributed by atoms with E-state index < -0.39 is 0 Å². The molecule has 28 heavy (non-hydrogen) atoms. The van der Waals surface area contributed by atoms with Gasteiger partial charge in [0.2, 0.25) is 11.8 Å². The molecule has 2 amide bonds. The molecule has 0 bridgehead atoms. The first-order valence-corrected chi connectivity index (χ1v) is 8.96. The minimum Gasteiger partial charge on any atom is -0.333 e. The van der Waals surface area contributed by atoms with Crippen LogP contribution >= 0.6 is 11.6 Å². The molecule has 0 saturated heterocycles. The molecule has 0 spiro atoms. The Labute approximate surface area is 168 Å². The lowest BCUT2D eigenvalue weighted by Gasteiger charge is -2.15. The van der Waals surface area contributed by atoms with E-state index in [9.17, 15) is 9.59 Å². The number of aromatic nitrogens is 2. The molecule has 0 atom stereocenters. The van der Waals surface area contributed by atoms with E-state index in [4.69, 9.17) is 11.6 Å². The molecule has 142 valence electrons. The summed E-state index contributed by atoms with van der Waals surface area (Å²) in [6.45, 7) is -0.0754. The summed E-state index contributed by atoms with van der Waals surface area (Å²) in [5.41, 5.74) is 2.38. The first-order valence-electron chi connectivity index (χ1n) is 8.59. The number of nitrogens with one attached hydrogen (secondary N) is 1. The van der Waals surface area contributed by atoms with E-state index >= 15 is 0 Å². The third kappa shape index (κ3) is 5.08. The summed E-state index contributed by atoms with van der Waals surface area (Å²) in [5, 5.41) is 3.14.